The fourth-order valence-electron chi connectivity index (χ4n) is 3.95. The standard InChI is InChI=1S/C23H34N6O2/c1-16-14-24-23(27-22(16)28(2)3)26-18-11-9-17(10-12-18)25-21(30)15-29(4)19-7-6-8-20(13-19)31-5/h6-8,13-14,17-18H,9-12,15H2,1-5H3,(H,25,30)(H,24,26,27). The molecule has 2 aromatic rings. The summed E-state index contributed by atoms with van der Waals surface area (Å²) in [4.78, 5) is 25.5. The van der Waals surface area contributed by atoms with Crippen molar-refractivity contribution in [1.29, 1.82) is 0 Å². The highest BCUT2D eigenvalue weighted by Gasteiger charge is 2.23. The van der Waals surface area contributed by atoms with Gasteiger partial charge < -0.3 is 25.2 Å². The number of amides is 1. The van der Waals surface area contributed by atoms with E-state index in [2.05, 4.69) is 20.6 Å². The highest BCUT2D eigenvalue weighted by Crippen LogP contribution is 2.23. The molecule has 0 aliphatic heterocycles. The Bertz CT molecular complexity index is 880. The number of nitrogens with one attached hydrogen (secondary N) is 2. The molecule has 0 saturated heterocycles. The highest BCUT2D eigenvalue weighted by molar-refractivity contribution is 5.81. The third-order valence-electron chi connectivity index (χ3n) is 5.67. The van der Waals surface area contributed by atoms with Gasteiger partial charge in [0.1, 0.15) is 11.6 Å². The lowest BCUT2D eigenvalue weighted by molar-refractivity contribution is -0.120. The fourth-order valence-corrected chi connectivity index (χ4v) is 3.95. The number of likely N-dealkylation sites (N-methyl/N-ethyl adjacent to an activating group) is 1. The van der Waals surface area contributed by atoms with E-state index in [1.807, 2.05) is 68.3 Å². The van der Waals surface area contributed by atoms with E-state index in [-0.39, 0.29) is 11.9 Å². The number of ether oxygens (including phenoxy) is 1. The van der Waals surface area contributed by atoms with Gasteiger partial charge in [0.2, 0.25) is 11.9 Å². The molecular formula is C23H34N6O2. The Kier molecular flexibility index (Phi) is 7.55. The Balaban J connectivity index is 1.45. The van der Waals surface area contributed by atoms with Crippen molar-refractivity contribution >= 4 is 23.4 Å². The van der Waals surface area contributed by atoms with E-state index < -0.39 is 0 Å². The van der Waals surface area contributed by atoms with Crippen LogP contribution in [-0.2, 0) is 4.79 Å². The van der Waals surface area contributed by atoms with Crippen molar-refractivity contribution in [1.82, 2.24) is 15.3 Å². The van der Waals surface area contributed by atoms with Crippen molar-refractivity contribution in [2.45, 2.75) is 44.7 Å². The number of carbonyl (C=O) groups is 1. The summed E-state index contributed by atoms with van der Waals surface area (Å²) in [6, 6.07) is 8.26. The van der Waals surface area contributed by atoms with Crippen LogP contribution in [-0.4, -0.2) is 62.8 Å². The molecule has 0 bridgehead atoms. The van der Waals surface area contributed by atoms with Gasteiger partial charge in [0.05, 0.1) is 13.7 Å². The molecule has 1 amide bonds. The molecule has 0 unspecified atom stereocenters. The fraction of sp³-hybridized carbons (Fsp3) is 0.522. The maximum absolute atomic E-state index is 12.5. The van der Waals surface area contributed by atoms with Gasteiger partial charge in [-0.2, -0.15) is 4.98 Å². The second-order valence-corrected chi connectivity index (χ2v) is 8.41. The van der Waals surface area contributed by atoms with Crippen molar-refractivity contribution in [2.75, 3.05) is 49.9 Å². The molecule has 1 saturated carbocycles. The average molecular weight is 427 g/mol. The summed E-state index contributed by atoms with van der Waals surface area (Å²) in [6.45, 7) is 2.33. The van der Waals surface area contributed by atoms with Crippen molar-refractivity contribution in [2.24, 2.45) is 0 Å². The quantitative estimate of drug-likeness (QED) is 0.672. The first-order valence-electron chi connectivity index (χ1n) is 10.8. The number of hydrogen-bond acceptors (Lipinski definition) is 7. The van der Waals surface area contributed by atoms with E-state index in [9.17, 15) is 4.79 Å². The van der Waals surface area contributed by atoms with Crippen LogP contribution in [0.5, 0.6) is 5.75 Å². The summed E-state index contributed by atoms with van der Waals surface area (Å²) in [7, 11) is 7.53. The van der Waals surface area contributed by atoms with Crippen LogP contribution in [0.3, 0.4) is 0 Å². The summed E-state index contributed by atoms with van der Waals surface area (Å²) >= 11 is 0. The molecule has 0 spiro atoms. The largest absolute Gasteiger partial charge is 0.497 e. The minimum Gasteiger partial charge on any atom is -0.497 e. The summed E-state index contributed by atoms with van der Waals surface area (Å²) in [5, 5.41) is 6.65. The van der Waals surface area contributed by atoms with Gasteiger partial charge in [-0.15, -0.1) is 0 Å². The first-order chi connectivity index (χ1) is 14.9. The van der Waals surface area contributed by atoms with Crippen LogP contribution in [0, 0.1) is 6.92 Å². The van der Waals surface area contributed by atoms with Gasteiger partial charge in [0.15, 0.2) is 0 Å². The number of benzene rings is 1. The molecule has 1 fully saturated rings. The van der Waals surface area contributed by atoms with Crippen LogP contribution in [0.1, 0.15) is 31.2 Å². The van der Waals surface area contributed by atoms with E-state index in [0.29, 0.717) is 18.5 Å². The van der Waals surface area contributed by atoms with Crippen LogP contribution >= 0.6 is 0 Å². The average Bonchev–Trinajstić information content (AvgIpc) is 2.76. The van der Waals surface area contributed by atoms with Gasteiger partial charge in [0, 0.05) is 56.7 Å². The van der Waals surface area contributed by atoms with Crippen LogP contribution < -0.4 is 25.2 Å². The van der Waals surface area contributed by atoms with Gasteiger partial charge in [-0.3, -0.25) is 4.79 Å². The Labute approximate surface area is 185 Å². The van der Waals surface area contributed by atoms with Gasteiger partial charge in [0.25, 0.3) is 0 Å². The number of carbonyl (C=O) groups excluding carboxylic acids is 1. The monoisotopic (exact) mass is 426 g/mol. The van der Waals surface area contributed by atoms with Crippen molar-refractivity contribution < 1.29 is 9.53 Å². The molecule has 0 radical (unpaired) electrons. The smallest absolute Gasteiger partial charge is 0.239 e. The molecule has 1 aromatic carbocycles. The molecule has 1 heterocycles. The lowest BCUT2D eigenvalue weighted by Gasteiger charge is -2.30. The number of hydrogen-bond donors (Lipinski definition) is 2. The molecule has 0 atom stereocenters. The van der Waals surface area contributed by atoms with Crippen molar-refractivity contribution in [3.63, 3.8) is 0 Å². The second-order valence-electron chi connectivity index (χ2n) is 8.41. The number of aryl methyl sites for hydroxylation is 1. The van der Waals surface area contributed by atoms with Crippen molar-refractivity contribution in [3.05, 3.63) is 36.0 Å². The third kappa shape index (κ3) is 6.23. The lowest BCUT2D eigenvalue weighted by atomic mass is 9.91. The molecule has 8 heteroatoms. The normalized spacial score (nSPS) is 18.2. The number of rotatable bonds is 8. The molecule has 31 heavy (non-hydrogen) atoms. The number of anilines is 3. The summed E-state index contributed by atoms with van der Waals surface area (Å²) < 4.78 is 5.26. The first kappa shape index (κ1) is 22.7. The van der Waals surface area contributed by atoms with E-state index in [4.69, 9.17) is 4.74 Å². The highest BCUT2D eigenvalue weighted by atomic mass is 16.5. The van der Waals surface area contributed by atoms with Gasteiger partial charge in [-0.1, -0.05) is 6.07 Å². The van der Waals surface area contributed by atoms with Gasteiger partial charge in [-0.25, -0.2) is 4.98 Å². The van der Waals surface area contributed by atoms with Crippen LogP contribution in [0.2, 0.25) is 0 Å². The molecule has 1 aliphatic rings. The van der Waals surface area contributed by atoms with E-state index in [0.717, 1.165) is 48.5 Å². The first-order valence-corrected chi connectivity index (χ1v) is 10.8. The van der Waals surface area contributed by atoms with E-state index in [1.165, 1.54) is 0 Å². The lowest BCUT2D eigenvalue weighted by Crippen LogP contribution is -2.44. The molecule has 1 aliphatic carbocycles. The van der Waals surface area contributed by atoms with Crippen molar-refractivity contribution in [3.8, 4) is 5.75 Å². The third-order valence-corrected chi connectivity index (χ3v) is 5.67. The molecule has 1 aromatic heterocycles. The predicted molar refractivity (Wildman–Crippen MR) is 125 cm³/mol. The Morgan fingerprint density at radius 2 is 1.87 bits per heavy atom. The van der Waals surface area contributed by atoms with Crippen LogP contribution in [0.25, 0.3) is 0 Å². The Morgan fingerprint density at radius 3 is 2.55 bits per heavy atom. The molecule has 8 nitrogen and oxygen atoms in total. The maximum Gasteiger partial charge on any atom is 0.239 e. The predicted octanol–water partition coefficient (Wildman–Crippen LogP) is 2.84. The Morgan fingerprint density at radius 1 is 1.16 bits per heavy atom. The zero-order chi connectivity index (χ0) is 22.4. The summed E-state index contributed by atoms with van der Waals surface area (Å²) in [5.41, 5.74) is 2.01. The SMILES string of the molecule is COc1cccc(N(C)CC(=O)NC2CCC(Nc3ncc(C)c(N(C)C)n3)CC2)c1. The van der Waals surface area contributed by atoms with Gasteiger partial charge >= 0.3 is 0 Å². The minimum absolute atomic E-state index is 0.0409. The summed E-state index contributed by atoms with van der Waals surface area (Å²) in [6.07, 6.45) is 5.70. The topological polar surface area (TPSA) is 82.6 Å². The zero-order valence-electron chi connectivity index (χ0n) is 19.2. The van der Waals surface area contributed by atoms with Crippen LogP contribution in [0.4, 0.5) is 17.5 Å². The number of aromatic nitrogens is 2. The molecule has 2 N–H and O–H groups in total. The number of nitrogens with zero attached hydrogens (tertiary/aromatic N) is 4. The van der Waals surface area contributed by atoms with E-state index >= 15 is 0 Å². The second kappa shape index (κ2) is 10.3. The maximum atomic E-state index is 12.5. The van der Waals surface area contributed by atoms with E-state index in [1.54, 1.807) is 7.11 Å². The van der Waals surface area contributed by atoms with Crippen LogP contribution in [0.15, 0.2) is 30.5 Å². The molecular weight excluding hydrogens is 392 g/mol. The molecule has 168 valence electrons. The minimum atomic E-state index is 0.0409. The molecule has 3 rings (SSSR count). The van der Waals surface area contributed by atoms with Gasteiger partial charge in [-0.05, 0) is 44.7 Å². The number of methoxy groups -OCH3 is 1. The zero-order valence-corrected chi connectivity index (χ0v) is 19.2. The Hall–Kier alpha value is -3.03. The summed E-state index contributed by atoms with van der Waals surface area (Å²) in [5.74, 6) is 2.42.